The molecule has 96 valence electrons. The maximum absolute atomic E-state index is 9.46. The number of nitrogens with zero attached hydrogens (tertiary/aromatic N) is 2. The molecule has 1 unspecified atom stereocenters. The molecule has 0 spiro atoms. The highest BCUT2D eigenvalue weighted by molar-refractivity contribution is 5.09. The van der Waals surface area contributed by atoms with Crippen LogP contribution in [0.4, 0.5) is 0 Å². The van der Waals surface area contributed by atoms with Crippen molar-refractivity contribution in [3.8, 4) is 0 Å². The standard InChI is InChI=1S/C14H24N2O/c1-4-14(3,12-17)11-16(5-2)10-13-6-8-15-9-7-13/h6-9,17H,4-5,10-12H2,1-3H3. The van der Waals surface area contributed by atoms with Crippen molar-refractivity contribution in [2.24, 2.45) is 5.41 Å². The minimum atomic E-state index is 0.00302. The minimum Gasteiger partial charge on any atom is -0.396 e. The number of pyridine rings is 1. The van der Waals surface area contributed by atoms with E-state index in [1.807, 2.05) is 24.5 Å². The van der Waals surface area contributed by atoms with Gasteiger partial charge < -0.3 is 5.11 Å². The summed E-state index contributed by atoms with van der Waals surface area (Å²) in [6.07, 6.45) is 4.65. The first-order valence-corrected chi connectivity index (χ1v) is 6.35. The molecule has 0 radical (unpaired) electrons. The molecule has 0 saturated heterocycles. The van der Waals surface area contributed by atoms with Crippen LogP contribution in [0.25, 0.3) is 0 Å². The molecule has 1 atom stereocenters. The van der Waals surface area contributed by atoms with E-state index in [2.05, 4.69) is 30.7 Å². The summed E-state index contributed by atoms with van der Waals surface area (Å²) in [6, 6.07) is 4.09. The van der Waals surface area contributed by atoms with Crippen LogP contribution in [0.2, 0.25) is 0 Å². The van der Waals surface area contributed by atoms with E-state index in [4.69, 9.17) is 0 Å². The normalized spacial score (nSPS) is 14.9. The first-order valence-electron chi connectivity index (χ1n) is 6.35. The van der Waals surface area contributed by atoms with Crippen molar-refractivity contribution in [3.05, 3.63) is 30.1 Å². The maximum Gasteiger partial charge on any atom is 0.0496 e. The summed E-state index contributed by atoms with van der Waals surface area (Å²) in [5, 5.41) is 9.46. The van der Waals surface area contributed by atoms with Crippen LogP contribution in [0.15, 0.2) is 24.5 Å². The van der Waals surface area contributed by atoms with Gasteiger partial charge >= 0.3 is 0 Å². The van der Waals surface area contributed by atoms with Crippen molar-refractivity contribution in [3.63, 3.8) is 0 Å². The fourth-order valence-electron chi connectivity index (χ4n) is 1.84. The smallest absolute Gasteiger partial charge is 0.0496 e. The Morgan fingerprint density at radius 1 is 1.29 bits per heavy atom. The van der Waals surface area contributed by atoms with Crippen molar-refractivity contribution in [1.29, 1.82) is 0 Å². The molecule has 0 saturated carbocycles. The molecular weight excluding hydrogens is 212 g/mol. The van der Waals surface area contributed by atoms with Crippen molar-refractivity contribution < 1.29 is 5.11 Å². The quantitative estimate of drug-likeness (QED) is 0.789. The average Bonchev–Trinajstić information content (AvgIpc) is 2.39. The summed E-state index contributed by atoms with van der Waals surface area (Å²) in [6.45, 7) is 9.54. The first kappa shape index (κ1) is 14.1. The molecule has 1 aromatic rings. The Labute approximate surface area is 104 Å². The molecule has 3 nitrogen and oxygen atoms in total. The Hall–Kier alpha value is -0.930. The summed E-state index contributed by atoms with van der Waals surface area (Å²) in [5.41, 5.74) is 1.28. The maximum atomic E-state index is 9.46. The lowest BCUT2D eigenvalue weighted by Gasteiger charge is -2.32. The number of aliphatic hydroxyl groups excluding tert-OH is 1. The Kier molecular flexibility index (Phi) is 5.59. The number of rotatable bonds is 7. The van der Waals surface area contributed by atoms with Crippen molar-refractivity contribution in [1.82, 2.24) is 9.88 Å². The molecule has 1 N–H and O–H groups in total. The topological polar surface area (TPSA) is 36.4 Å². The van der Waals surface area contributed by atoms with Crippen molar-refractivity contribution in [2.75, 3.05) is 19.7 Å². The van der Waals surface area contributed by atoms with E-state index in [-0.39, 0.29) is 12.0 Å². The molecule has 1 aromatic heterocycles. The molecule has 0 amide bonds. The summed E-state index contributed by atoms with van der Waals surface area (Å²) >= 11 is 0. The van der Waals surface area contributed by atoms with Gasteiger partial charge in [-0.15, -0.1) is 0 Å². The Balaban J connectivity index is 2.60. The summed E-state index contributed by atoms with van der Waals surface area (Å²) in [7, 11) is 0. The van der Waals surface area contributed by atoms with Gasteiger partial charge in [0.1, 0.15) is 0 Å². The molecule has 3 heteroatoms. The van der Waals surface area contributed by atoms with E-state index >= 15 is 0 Å². The van der Waals surface area contributed by atoms with E-state index < -0.39 is 0 Å². The molecule has 1 rings (SSSR count). The third-order valence-electron chi connectivity index (χ3n) is 3.44. The third kappa shape index (κ3) is 4.44. The molecule has 17 heavy (non-hydrogen) atoms. The van der Waals surface area contributed by atoms with Crippen LogP contribution < -0.4 is 0 Å². The number of hydrogen-bond acceptors (Lipinski definition) is 3. The van der Waals surface area contributed by atoms with E-state index in [0.29, 0.717) is 0 Å². The SMILES string of the molecule is CCN(Cc1ccncc1)CC(C)(CC)CO. The third-order valence-corrected chi connectivity index (χ3v) is 3.44. The van der Waals surface area contributed by atoms with Gasteiger partial charge in [0.05, 0.1) is 0 Å². The average molecular weight is 236 g/mol. The lowest BCUT2D eigenvalue weighted by molar-refractivity contribution is 0.0836. The highest BCUT2D eigenvalue weighted by atomic mass is 16.3. The van der Waals surface area contributed by atoms with Gasteiger partial charge in [-0.2, -0.15) is 0 Å². The second-order valence-electron chi connectivity index (χ2n) is 4.98. The zero-order valence-electron chi connectivity index (χ0n) is 11.2. The number of aromatic nitrogens is 1. The van der Waals surface area contributed by atoms with Gasteiger partial charge in [-0.05, 0) is 30.7 Å². The summed E-state index contributed by atoms with van der Waals surface area (Å²) < 4.78 is 0. The van der Waals surface area contributed by atoms with Gasteiger partial charge in [0, 0.05) is 37.5 Å². The highest BCUT2D eigenvalue weighted by Gasteiger charge is 2.23. The van der Waals surface area contributed by atoms with E-state index in [1.165, 1.54) is 5.56 Å². The Morgan fingerprint density at radius 3 is 2.41 bits per heavy atom. The van der Waals surface area contributed by atoms with E-state index in [9.17, 15) is 5.11 Å². The van der Waals surface area contributed by atoms with Gasteiger partial charge in [0.2, 0.25) is 0 Å². The van der Waals surface area contributed by atoms with Crippen LogP contribution in [0.1, 0.15) is 32.8 Å². The minimum absolute atomic E-state index is 0.00302. The fraction of sp³-hybridized carbons (Fsp3) is 0.643. The molecule has 0 aromatic carbocycles. The largest absolute Gasteiger partial charge is 0.396 e. The van der Waals surface area contributed by atoms with Crippen LogP contribution in [-0.4, -0.2) is 34.7 Å². The zero-order chi connectivity index (χ0) is 12.7. The molecule has 0 aliphatic heterocycles. The molecule has 1 heterocycles. The Bertz CT molecular complexity index is 309. The Morgan fingerprint density at radius 2 is 1.94 bits per heavy atom. The van der Waals surface area contributed by atoms with Gasteiger partial charge in [0.25, 0.3) is 0 Å². The van der Waals surface area contributed by atoms with Gasteiger partial charge in [-0.1, -0.05) is 20.8 Å². The van der Waals surface area contributed by atoms with E-state index in [1.54, 1.807) is 0 Å². The van der Waals surface area contributed by atoms with Gasteiger partial charge in [0.15, 0.2) is 0 Å². The number of hydrogen-bond donors (Lipinski definition) is 1. The lowest BCUT2D eigenvalue weighted by Crippen LogP contribution is -2.37. The summed E-state index contributed by atoms with van der Waals surface area (Å²) in [5.74, 6) is 0. The van der Waals surface area contributed by atoms with Crippen LogP contribution in [0.3, 0.4) is 0 Å². The lowest BCUT2D eigenvalue weighted by atomic mass is 9.88. The number of aliphatic hydroxyl groups is 1. The van der Waals surface area contributed by atoms with Crippen LogP contribution in [0.5, 0.6) is 0 Å². The summed E-state index contributed by atoms with van der Waals surface area (Å²) in [4.78, 5) is 6.40. The molecule has 0 aliphatic rings. The first-order chi connectivity index (χ1) is 8.13. The fourth-order valence-corrected chi connectivity index (χ4v) is 1.84. The predicted octanol–water partition coefficient (Wildman–Crippen LogP) is 2.31. The second-order valence-corrected chi connectivity index (χ2v) is 4.98. The van der Waals surface area contributed by atoms with Gasteiger partial charge in [-0.25, -0.2) is 0 Å². The highest BCUT2D eigenvalue weighted by Crippen LogP contribution is 2.22. The predicted molar refractivity (Wildman–Crippen MR) is 70.7 cm³/mol. The molecule has 0 bridgehead atoms. The van der Waals surface area contributed by atoms with Crippen LogP contribution >= 0.6 is 0 Å². The second kappa shape index (κ2) is 6.72. The van der Waals surface area contributed by atoms with Crippen molar-refractivity contribution >= 4 is 0 Å². The van der Waals surface area contributed by atoms with Gasteiger partial charge in [-0.3, -0.25) is 9.88 Å². The monoisotopic (exact) mass is 236 g/mol. The molecule has 0 fully saturated rings. The molecule has 0 aliphatic carbocycles. The van der Waals surface area contributed by atoms with Crippen LogP contribution in [-0.2, 0) is 6.54 Å². The van der Waals surface area contributed by atoms with E-state index in [0.717, 1.165) is 26.1 Å². The van der Waals surface area contributed by atoms with Crippen molar-refractivity contribution in [2.45, 2.75) is 33.7 Å². The molecular formula is C14H24N2O. The van der Waals surface area contributed by atoms with Crippen LogP contribution in [0, 0.1) is 5.41 Å². The zero-order valence-corrected chi connectivity index (χ0v) is 11.2.